The summed E-state index contributed by atoms with van der Waals surface area (Å²) in [6, 6.07) is 1.89. The van der Waals surface area contributed by atoms with E-state index in [4.69, 9.17) is 0 Å². The second kappa shape index (κ2) is 6.79. The molecule has 1 amide bonds. The zero-order valence-corrected chi connectivity index (χ0v) is 14.4. The fourth-order valence-corrected chi connectivity index (χ4v) is 3.60. The molecule has 0 radical (unpaired) electrons. The molecule has 2 aliphatic rings. The van der Waals surface area contributed by atoms with Gasteiger partial charge in [-0.05, 0) is 26.0 Å². The first-order valence-corrected chi connectivity index (χ1v) is 8.78. The van der Waals surface area contributed by atoms with Crippen molar-refractivity contribution in [2.24, 2.45) is 0 Å². The van der Waals surface area contributed by atoms with Gasteiger partial charge in [0.2, 0.25) is 5.95 Å². The Hall–Kier alpha value is -2.48. The van der Waals surface area contributed by atoms with Crippen molar-refractivity contribution in [3.8, 4) is 0 Å². The number of aromatic amines is 1. The molecule has 0 aromatic carbocycles. The van der Waals surface area contributed by atoms with Crippen LogP contribution in [0, 0.1) is 0 Å². The second-order valence-corrected chi connectivity index (χ2v) is 6.82. The molecule has 1 atom stereocenters. The summed E-state index contributed by atoms with van der Waals surface area (Å²) in [7, 11) is 2.07. The van der Waals surface area contributed by atoms with Gasteiger partial charge in [0.25, 0.3) is 5.91 Å². The topological polar surface area (TPSA) is 90.0 Å². The number of nitrogens with zero attached hydrogens (tertiary/aromatic N) is 5. The Bertz CT molecular complexity index is 745. The summed E-state index contributed by atoms with van der Waals surface area (Å²) in [4.78, 5) is 25.7. The molecule has 0 unspecified atom stereocenters. The number of hydrogen-bond acceptors (Lipinski definition) is 6. The van der Waals surface area contributed by atoms with Gasteiger partial charge >= 0.3 is 0 Å². The Labute approximate surface area is 146 Å². The number of carbonyl (C=O) groups excluding carboxylic acids is 1. The summed E-state index contributed by atoms with van der Waals surface area (Å²) in [5, 5.41) is 10.5. The van der Waals surface area contributed by atoms with Crippen LogP contribution in [0.4, 0.5) is 5.95 Å². The van der Waals surface area contributed by atoms with Crippen LogP contribution in [0.15, 0.2) is 18.5 Å². The third kappa shape index (κ3) is 3.34. The number of fused-ring (bicyclic) bond motifs is 1. The first kappa shape index (κ1) is 16.0. The van der Waals surface area contributed by atoms with Crippen molar-refractivity contribution in [2.75, 3.05) is 31.6 Å². The molecule has 0 saturated carbocycles. The standard InChI is InChI=1S/C17H23N7O/c1-23-9-5-14-13(11-23)15(22-21-14)16(25)20-12-4-2-8-24(10-12)17-18-6-3-7-19-17/h3,6-7,12H,2,4-5,8-11H2,1H3,(H,20,25)(H,21,22)/t12-/m1/s1. The normalized spacial score (nSPS) is 21.0. The van der Waals surface area contributed by atoms with Crippen molar-refractivity contribution in [3.63, 3.8) is 0 Å². The van der Waals surface area contributed by atoms with E-state index in [0.29, 0.717) is 5.69 Å². The Morgan fingerprint density at radius 1 is 1.32 bits per heavy atom. The van der Waals surface area contributed by atoms with Gasteiger partial charge in [-0.15, -0.1) is 0 Å². The second-order valence-electron chi connectivity index (χ2n) is 6.82. The molecule has 1 fully saturated rings. The molecule has 8 heteroatoms. The molecule has 132 valence electrons. The lowest BCUT2D eigenvalue weighted by atomic mass is 10.0. The predicted molar refractivity (Wildman–Crippen MR) is 93.4 cm³/mol. The zero-order valence-electron chi connectivity index (χ0n) is 14.4. The van der Waals surface area contributed by atoms with E-state index in [1.807, 2.05) is 6.07 Å². The first-order chi connectivity index (χ1) is 12.2. The molecule has 2 aromatic heterocycles. The maximum absolute atomic E-state index is 12.7. The molecule has 2 N–H and O–H groups in total. The highest BCUT2D eigenvalue weighted by molar-refractivity contribution is 5.94. The van der Waals surface area contributed by atoms with Gasteiger partial charge in [0.15, 0.2) is 5.69 Å². The van der Waals surface area contributed by atoms with Gasteiger partial charge in [-0.1, -0.05) is 0 Å². The summed E-state index contributed by atoms with van der Waals surface area (Å²) in [6.07, 6.45) is 6.37. The van der Waals surface area contributed by atoms with Gasteiger partial charge in [0.05, 0.1) is 0 Å². The minimum atomic E-state index is -0.0892. The zero-order chi connectivity index (χ0) is 17.2. The fourth-order valence-electron chi connectivity index (χ4n) is 3.60. The lowest BCUT2D eigenvalue weighted by Gasteiger charge is -2.33. The first-order valence-electron chi connectivity index (χ1n) is 8.78. The molecule has 1 saturated heterocycles. The van der Waals surface area contributed by atoms with Crippen LogP contribution in [-0.2, 0) is 13.0 Å². The molecule has 4 rings (SSSR count). The molecule has 25 heavy (non-hydrogen) atoms. The van der Waals surface area contributed by atoms with E-state index < -0.39 is 0 Å². The molecule has 0 spiro atoms. The molecule has 2 aromatic rings. The summed E-state index contributed by atoms with van der Waals surface area (Å²) in [6.45, 7) is 3.40. The average molecular weight is 341 g/mol. The molecule has 8 nitrogen and oxygen atoms in total. The van der Waals surface area contributed by atoms with E-state index in [2.05, 4.69) is 42.3 Å². The van der Waals surface area contributed by atoms with E-state index in [0.717, 1.165) is 62.6 Å². The Morgan fingerprint density at radius 2 is 2.16 bits per heavy atom. The number of H-pyrrole nitrogens is 1. The van der Waals surface area contributed by atoms with Crippen molar-refractivity contribution in [1.29, 1.82) is 0 Å². The van der Waals surface area contributed by atoms with E-state index in [9.17, 15) is 4.79 Å². The van der Waals surface area contributed by atoms with E-state index in [1.54, 1.807) is 12.4 Å². The number of amides is 1. The van der Waals surface area contributed by atoms with Crippen LogP contribution >= 0.6 is 0 Å². The third-order valence-electron chi connectivity index (χ3n) is 4.93. The smallest absolute Gasteiger partial charge is 0.272 e. The quantitative estimate of drug-likeness (QED) is 0.849. The van der Waals surface area contributed by atoms with Crippen LogP contribution in [0.3, 0.4) is 0 Å². The highest BCUT2D eigenvalue weighted by atomic mass is 16.2. The predicted octanol–water partition coefficient (Wildman–Crippen LogP) is 0.586. The van der Waals surface area contributed by atoms with Crippen molar-refractivity contribution >= 4 is 11.9 Å². The van der Waals surface area contributed by atoms with Gasteiger partial charge in [-0.25, -0.2) is 9.97 Å². The third-order valence-corrected chi connectivity index (χ3v) is 4.93. The van der Waals surface area contributed by atoms with Gasteiger partial charge in [0.1, 0.15) is 0 Å². The van der Waals surface area contributed by atoms with Gasteiger partial charge in [-0.2, -0.15) is 5.10 Å². The van der Waals surface area contributed by atoms with Gasteiger partial charge in [0, 0.05) is 62.3 Å². The monoisotopic (exact) mass is 341 g/mol. The van der Waals surface area contributed by atoms with E-state index in [1.165, 1.54) is 0 Å². The average Bonchev–Trinajstić information content (AvgIpc) is 3.06. The van der Waals surface area contributed by atoms with Crippen molar-refractivity contribution < 1.29 is 4.79 Å². The summed E-state index contributed by atoms with van der Waals surface area (Å²) < 4.78 is 0. The summed E-state index contributed by atoms with van der Waals surface area (Å²) >= 11 is 0. The number of nitrogens with one attached hydrogen (secondary N) is 2. The molecule has 0 bridgehead atoms. The van der Waals surface area contributed by atoms with Crippen LogP contribution in [0.2, 0.25) is 0 Å². The van der Waals surface area contributed by atoms with Crippen LogP contribution in [-0.4, -0.2) is 63.7 Å². The fraction of sp³-hybridized carbons (Fsp3) is 0.529. The largest absolute Gasteiger partial charge is 0.346 e. The summed E-state index contributed by atoms with van der Waals surface area (Å²) in [5.41, 5.74) is 2.66. The van der Waals surface area contributed by atoms with Crippen molar-refractivity contribution in [2.45, 2.75) is 31.8 Å². The van der Waals surface area contributed by atoms with Crippen molar-refractivity contribution in [3.05, 3.63) is 35.4 Å². The number of carbonyl (C=O) groups is 1. The maximum atomic E-state index is 12.7. The van der Waals surface area contributed by atoms with Crippen LogP contribution < -0.4 is 10.2 Å². The van der Waals surface area contributed by atoms with E-state index >= 15 is 0 Å². The molecule has 0 aliphatic carbocycles. The number of aromatic nitrogens is 4. The number of rotatable bonds is 3. The van der Waals surface area contributed by atoms with Gasteiger partial charge < -0.3 is 15.1 Å². The number of piperidine rings is 1. The maximum Gasteiger partial charge on any atom is 0.272 e. The lowest BCUT2D eigenvalue weighted by Crippen LogP contribution is -2.48. The van der Waals surface area contributed by atoms with Crippen molar-refractivity contribution in [1.82, 2.24) is 30.4 Å². The molecule has 2 aliphatic heterocycles. The Morgan fingerprint density at radius 3 is 3.00 bits per heavy atom. The lowest BCUT2D eigenvalue weighted by molar-refractivity contribution is 0.0926. The Kier molecular flexibility index (Phi) is 4.35. The molecule has 4 heterocycles. The van der Waals surface area contributed by atoms with Crippen LogP contribution in [0.25, 0.3) is 0 Å². The van der Waals surface area contributed by atoms with Crippen LogP contribution in [0.1, 0.15) is 34.6 Å². The summed E-state index contributed by atoms with van der Waals surface area (Å²) in [5.74, 6) is 0.633. The highest BCUT2D eigenvalue weighted by Crippen LogP contribution is 2.20. The number of likely N-dealkylation sites (N-methyl/N-ethyl adjacent to an activating group) is 1. The number of anilines is 1. The SMILES string of the molecule is CN1CCc2[nH]nc(C(=O)N[C@@H]3CCCN(c4ncccn4)C3)c2C1. The minimum Gasteiger partial charge on any atom is -0.346 e. The minimum absolute atomic E-state index is 0.0822. The number of hydrogen-bond donors (Lipinski definition) is 2. The van der Waals surface area contributed by atoms with Gasteiger partial charge in [-0.3, -0.25) is 9.89 Å². The van der Waals surface area contributed by atoms with Crippen LogP contribution in [0.5, 0.6) is 0 Å². The van der Waals surface area contributed by atoms with E-state index in [-0.39, 0.29) is 11.9 Å². The molecular formula is C17H23N7O. The molecular weight excluding hydrogens is 318 g/mol. The highest BCUT2D eigenvalue weighted by Gasteiger charge is 2.27. The Balaban J connectivity index is 1.44.